The average Bonchev–Trinajstić information content (AvgIpc) is 4.23. The number of esters is 1. The number of guanidine groups is 1. The molecule has 0 aromatic heterocycles. The van der Waals surface area contributed by atoms with Crippen LogP contribution in [0.15, 0.2) is 107 Å². The smallest absolute Gasteiger partial charge is 0.408 e. The number of sulfonamides is 1. The van der Waals surface area contributed by atoms with Crippen molar-refractivity contribution in [3.05, 3.63) is 125 Å². The zero-order chi connectivity index (χ0) is 57.8. The maximum atomic E-state index is 14.4. The van der Waals surface area contributed by atoms with Crippen LogP contribution in [0.2, 0.25) is 0 Å². The molecule has 0 radical (unpaired) electrons. The van der Waals surface area contributed by atoms with Gasteiger partial charge < -0.3 is 41.3 Å². The van der Waals surface area contributed by atoms with Gasteiger partial charge in [-0.05, 0) is 107 Å². The van der Waals surface area contributed by atoms with Gasteiger partial charge in [-0.1, -0.05) is 117 Å². The number of aryl methyl sites for hydroxylation is 3. The van der Waals surface area contributed by atoms with Gasteiger partial charge in [-0.2, -0.15) is 0 Å². The number of amides is 6. The molecule has 0 unspecified atom stereocenters. The summed E-state index contributed by atoms with van der Waals surface area (Å²) in [7, 11) is -4.13. The Hall–Kier alpha value is -7.88. The molecule has 424 valence electrons. The van der Waals surface area contributed by atoms with Crippen LogP contribution in [0.5, 0.6) is 0 Å². The Morgan fingerprint density at radius 2 is 1.38 bits per heavy atom. The first kappa shape index (κ1) is 60.4. The van der Waals surface area contributed by atoms with Crippen LogP contribution in [0.4, 0.5) is 4.79 Å². The lowest BCUT2D eigenvalue weighted by molar-refractivity contribution is -0.198. The fraction of sp³-hybridized carbons (Fsp3) is 0.456. The van der Waals surface area contributed by atoms with Gasteiger partial charge >= 0.3 is 18.0 Å². The lowest BCUT2D eigenvalue weighted by Crippen LogP contribution is -2.51. The zero-order valence-corrected chi connectivity index (χ0v) is 46.6. The minimum absolute atomic E-state index is 0.0540. The van der Waals surface area contributed by atoms with E-state index in [1.165, 1.54) is 0 Å². The topological polar surface area (TPSA) is 300 Å². The molecule has 2 aliphatic carbocycles. The maximum absolute atomic E-state index is 14.4. The number of nitrogens with two attached hydrogens (primary N) is 1. The summed E-state index contributed by atoms with van der Waals surface area (Å²) in [4.78, 5) is 118. The van der Waals surface area contributed by atoms with E-state index in [2.05, 4.69) is 31.0 Å². The summed E-state index contributed by atoms with van der Waals surface area (Å²) >= 11 is 0. The number of nitrogens with one attached hydrogen (secondary N) is 5. The second-order valence-corrected chi connectivity index (χ2v) is 23.1. The van der Waals surface area contributed by atoms with E-state index in [4.69, 9.17) is 20.0 Å². The van der Waals surface area contributed by atoms with Gasteiger partial charge in [0.25, 0.3) is 21.8 Å². The SMILES string of the molecule is Cc1cc(C)c(S(=O)(=O)NC(N)=NCCC[C@H](NC(=O)[C@H](/C=C/[C@@H](Cc2ccccc2)NC(=O)[C@H](CC(=O)OCc2ccccc2)NC(=O)OC(C)(C)C)C(C)C)C(=O)NCC(=O)ON2C(=O)[C@@H]3[C@H](C2=O)[C@H]2C=C[C@@H]3C2)c(C)c1. The molecule has 1 saturated carbocycles. The number of hydrogen-bond acceptors (Lipinski definition) is 14. The predicted molar refractivity (Wildman–Crippen MR) is 291 cm³/mol. The van der Waals surface area contributed by atoms with Gasteiger partial charge in [-0.3, -0.25) is 33.8 Å². The van der Waals surface area contributed by atoms with Crippen molar-refractivity contribution in [2.75, 3.05) is 13.1 Å². The summed E-state index contributed by atoms with van der Waals surface area (Å²) in [5.74, 6) is -8.65. The molecule has 8 atom stereocenters. The molecule has 6 amide bonds. The van der Waals surface area contributed by atoms with E-state index >= 15 is 0 Å². The molecule has 0 spiro atoms. The van der Waals surface area contributed by atoms with Gasteiger partial charge in [0, 0.05) is 6.54 Å². The van der Waals surface area contributed by atoms with Crippen molar-refractivity contribution in [2.24, 2.45) is 46.2 Å². The monoisotopic (exact) mass is 1110 g/mol. The Kier molecular flexibility index (Phi) is 20.4. The Labute approximate surface area is 460 Å². The molecule has 22 heteroatoms. The quantitative estimate of drug-likeness (QED) is 0.0181. The first-order chi connectivity index (χ1) is 37.3. The van der Waals surface area contributed by atoms with Gasteiger partial charge in [-0.25, -0.2) is 22.7 Å². The minimum atomic E-state index is -4.13. The highest BCUT2D eigenvalue weighted by atomic mass is 32.2. The minimum Gasteiger partial charge on any atom is -0.461 e. The summed E-state index contributed by atoms with van der Waals surface area (Å²) in [6, 6.07) is 17.9. The number of carbonyl (C=O) groups excluding carboxylic acids is 8. The van der Waals surface area contributed by atoms with Crippen LogP contribution in [-0.2, 0) is 70.9 Å². The van der Waals surface area contributed by atoms with Crippen LogP contribution in [0.3, 0.4) is 0 Å². The van der Waals surface area contributed by atoms with Gasteiger partial charge in [0.2, 0.25) is 23.7 Å². The number of ether oxygens (including phenoxy) is 2. The summed E-state index contributed by atoms with van der Waals surface area (Å²) in [5.41, 5.74) is 8.52. The van der Waals surface area contributed by atoms with Crippen molar-refractivity contribution >= 4 is 63.6 Å². The van der Waals surface area contributed by atoms with Gasteiger partial charge in [-0.15, -0.1) is 5.06 Å². The van der Waals surface area contributed by atoms with Crippen LogP contribution in [0, 0.1) is 56.3 Å². The Balaban J connectivity index is 1.18. The first-order valence-electron chi connectivity index (χ1n) is 26.3. The van der Waals surface area contributed by atoms with Crippen LogP contribution in [0.1, 0.15) is 88.1 Å². The summed E-state index contributed by atoms with van der Waals surface area (Å²) in [6.07, 6.45) is 6.29. The van der Waals surface area contributed by atoms with E-state index in [0.717, 1.165) is 11.1 Å². The Morgan fingerprint density at radius 1 is 0.785 bits per heavy atom. The summed E-state index contributed by atoms with van der Waals surface area (Å²) in [6.45, 7) is 12.7. The number of alkyl carbamates (subject to hydrolysis) is 1. The lowest BCUT2D eigenvalue weighted by Gasteiger charge is -2.25. The molecule has 79 heavy (non-hydrogen) atoms. The van der Waals surface area contributed by atoms with Crippen molar-refractivity contribution in [1.82, 2.24) is 31.1 Å². The fourth-order valence-electron chi connectivity index (χ4n) is 10.0. The Morgan fingerprint density at radius 3 is 1.96 bits per heavy atom. The van der Waals surface area contributed by atoms with Crippen molar-refractivity contribution in [2.45, 2.75) is 123 Å². The number of carbonyl (C=O) groups is 8. The highest BCUT2D eigenvalue weighted by Gasteiger charge is 2.61. The van der Waals surface area contributed by atoms with E-state index in [-0.39, 0.29) is 49.1 Å². The number of nitrogens with zero attached hydrogens (tertiary/aromatic N) is 2. The zero-order valence-electron chi connectivity index (χ0n) is 45.8. The van der Waals surface area contributed by atoms with Crippen LogP contribution >= 0.6 is 0 Å². The van der Waals surface area contributed by atoms with Gasteiger partial charge in [0.05, 0.1) is 35.1 Å². The molecular formula is C57H72N8O13S. The third kappa shape index (κ3) is 16.8. The molecule has 1 aliphatic heterocycles. The van der Waals surface area contributed by atoms with E-state index < -0.39 is 124 Å². The summed E-state index contributed by atoms with van der Waals surface area (Å²) in [5, 5.41) is 11.1. The number of benzene rings is 3. The van der Waals surface area contributed by atoms with Crippen molar-refractivity contribution < 1.29 is 61.1 Å². The normalized spacial score (nSPS) is 19.3. The second kappa shape index (κ2) is 26.6. The molecule has 2 bridgehead atoms. The molecule has 21 nitrogen and oxygen atoms in total. The molecular weight excluding hydrogens is 1040 g/mol. The number of rotatable bonds is 24. The largest absolute Gasteiger partial charge is 0.461 e. The standard InChI is InChI=1S/C57H72N8O13S/c1-33(2)42(24-23-41(28-37-16-11-9-12-17-37)61-52(70)44(63-56(73)77-57(6,7)8)30-45(66)76-32-38-18-13-10-14-19-38)50(68)62-43(20-15-25-59-55(58)64-79(74,75)49-35(4)26-34(3)27-36(49)5)51(69)60-31-46(67)78-65-53(71)47-39-21-22-40(29-39)48(47)54(65)72/h9-14,16-19,21-24,26-27,33,39-44,47-48H,15,20,25,28-32H2,1-8H3,(H,60,69)(H,61,70)(H,62,68)(H,63,73)(H3,58,59,64)/b24-23+/t39-,40+,41-,42+,43-,44-,47+,48-/m0/s1. The third-order valence-corrected chi connectivity index (χ3v) is 15.2. The highest BCUT2D eigenvalue weighted by molar-refractivity contribution is 7.90. The summed E-state index contributed by atoms with van der Waals surface area (Å²) < 4.78 is 39.9. The first-order valence-corrected chi connectivity index (χ1v) is 27.8. The number of hydroxylamine groups is 2. The van der Waals surface area contributed by atoms with Crippen LogP contribution < -0.4 is 31.7 Å². The third-order valence-electron chi connectivity index (χ3n) is 13.5. The number of hydrogen-bond donors (Lipinski definition) is 6. The highest BCUT2D eigenvalue weighted by Crippen LogP contribution is 2.52. The average molecular weight is 1110 g/mol. The molecule has 7 N–H and O–H groups in total. The molecule has 3 aromatic rings. The van der Waals surface area contributed by atoms with Gasteiger partial charge in [0.15, 0.2) is 0 Å². The number of imide groups is 1. The number of fused-ring (bicyclic) bond motifs is 5. The molecule has 2 fully saturated rings. The predicted octanol–water partition coefficient (Wildman–Crippen LogP) is 4.43. The maximum Gasteiger partial charge on any atom is 0.408 e. The van der Waals surface area contributed by atoms with Gasteiger partial charge in [0.1, 0.15) is 30.8 Å². The number of allylic oxidation sites excluding steroid dienone is 2. The molecule has 3 aromatic carbocycles. The van der Waals surface area contributed by atoms with Crippen molar-refractivity contribution in [3.8, 4) is 0 Å². The molecule has 6 rings (SSSR count). The second-order valence-electron chi connectivity index (χ2n) is 21.5. The van der Waals surface area contributed by atoms with E-state index in [1.807, 2.05) is 55.5 Å². The molecule has 1 saturated heterocycles. The lowest BCUT2D eigenvalue weighted by atomic mass is 9.85. The molecule has 1 heterocycles. The van der Waals surface area contributed by atoms with Crippen LogP contribution in [0.25, 0.3) is 0 Å². The fourth-order valence-corrected chi connectivity index (χ4v) is 11.4. The molecule has 3 aliphatic rings. The van der Waals surface area contributed by atoms with E-state index in [1.54, 1.807) is 97.0 Å². The van der Waals surface area contributed by atoms with E-state index in [0.29, 0.717) is 28.2 Å². The van der Waals surface area contributed by atoms with E-state index in [9.17, 15) is 46.8 Å². The van der Waals surface area contributed by atoms with Crippen molar-refractivity contribution in [3.63, 3.8) is 0 Å². The Bertz CT molecular complexity index is 2910. The van der Waals surface area contributed by atoms with Crippen LogP contribution in [-0.4, -0.2) is 104 Å². The van der Waals surface area contributed by atoms with Crippen molar-refractivity contribution in [1.29, 1.82) is 0 Å². The number of aliphatic imine (C=N–C) groups is 1.